The van der Waals surface area contributed by atoms with Crippen molar-refractivity contribution in [1.29, 1.82) is 0 Å². The average molecular weight is 345 g/mol. The van der Waals surface area contributed by atoms with Gasteiger partial charge in [0, 0.05) is 12.1 Å². The molecule has 1 aromatic heterocycles. The number of nitrogens with zero attached hydrogens (tertiary/aromatic N) is 1. The zero-order valence-corrected chi connectivity index (χ0v) is 14.6. The molecule has 7 nitrogen and oxygen atoms in total. The minimum Gasteiger partial charge on any atom is -0.497 e. The van der Waals surface area contributed by atoms with Gasteiger partial charge in [-0.2, -0.15) is 5.10 Å². The molecule has 0 aliphatic carbocycles. The summed E-state index contributed by atoms with van der Waals surface area (Å²) < 4.78 is 5.11. The number of hydrogen-bond donors (Lipinski definition) is 3. The van der Waals surface area contributed by atoms with Crippen molar-refractivity contribution in [2.75, 3.05) is 13.7 Å². The van der Waals surface area contributed by atoms with Crippen LogP contribution in [0.3, 0.4) is 0 Å². The lowest BCUT2D eigenvalue weighted by Crippen LogP contribution is -2.42. The van der Waals surface area contributed by atoms with E-state index in [2.05, 4.69) is 15.5 Å². The van der Waals surface area contributed by atoms with E-state index in [-0.39, 0.29) is 18.1 Å². The van der Waals surface area contributed by atoms with E-state index in [1.165, 1.54) is 0 Å². The van der Waals surface area contributed by atoms with Crippen LogP contribution >= 0.6 is 0 Å². The SMILES string of the molecule is CCC(CC)(CNC(=O)c1cc(-c2ccc(OC)cc2)n[nH]1)C(=O)O. The van der Waals surface area contributed by atoms with Crippen molar-refractivity contribution in [3.63, 3.8) is 0 Å². The average Bonchev–Trinajstić information content (AvgIpc) is 3.13. The predicted molar refractivity (Wildman–Crippen MR) is 93.6 cm³/mol. The maximum atomic E-state index is 12.3. The molecule has 2 rings (SSSR count). The van der Waals surface area contributed by atoms with Gasteiger partial charge in [-0.05, 0) is 43.2 Å². The summed E-state index contributed by atoms with van der Waals surface area (Å²) in [4.78, 5) is 23.8. The van der Waals surface area contributed by atoms with Crippen LogP contribution in [0.15, 0.2) is 30.3 Å². The lowest BCUT2D eigenvalue weighted by Gasteiger charge is -2.26. The van der Waals surface area contributed by atoms with Gasteiger partial charge in [-0.15, -0.1) is 0 Å². The predicted octanol–water partition coefficient (Wildman–Crippen LogP) is 2.71. The molecular weight excluding hydrogens is 322 g/mol. The largest absolute Gasteiger partial charge is 0.497 e. The third kappa shape index (κ3) is 3.99. The first-order chi connectivity index (χ1) is 12.0. The second-order valence-electron chi connectivity index (χ2n) is 5.87. The molecule has 25 heavy (non-hydrogen) atoms. The third-order valence-electron chi connectivity index (χ3n) is 4.60. The number of hydrogen-bond acceptors (Lipinski definition) is 4. The summed E-state index contributed by atoms with van der Waals surface area (Å²) in [5.41, 5.74) is 0.813. The summed E-state index contributed by atoms with van der Waals surface area (Å²) in [6.45, 7) is 3.69. The Morgan fingerprint density at radius 2 is 1.88 bits per heavy atom. The van der Waals surface area contributed by atoms with Gasteiger partial charge in [-0.25, -0.2) is 0 Å². The molecule has 0 saturated heterocycles. The van der Waals surface area contributed by atoms with E-state index in [0.717, 1.165) is 11.3 Å². The Hall–Kier alpha value is -2.83. The van der Waals surface area contributed by atoms with Crippen LogP contribution in [0.4, 0.5) is 0 Å². The van der Waals surface area contributed by atoms with Crippen molar-refractivity contribution in [3.05, 3.63) is 36.0 Å². The molecule has 1 aromatic carbocycles. The number of carboxylic acids is 1. The Labute approximate surface area is 146 Å². The summed E-state index contributed by atoms with van der Waals surface area (Å²) in [6.07, 6.45) is 0.887. The molecule has 0 aliphatic rings. The van der Waals surface area contributed by atoms with Crippen molar-refractivity contribution >= 4 is 11.9 Å². The van der Waals surface area contributed by atoms with Gasteiger partial charge in [0.25, 0.3) is 5.91 Å². The lowest BCUT2D eigenvalue weighted by atomic mass is 9.82. The minimum absolute atomic E-state index is 0.0745. The maximum Gasteiger partial charge on any atom is 0.311 e. The molecular formula is C18H23N3O4. The van der Waals surface area contributed by atoms with Crippen LogP contribution < -0.4 is 10.1 Å². The summed E-state index contributed by atoms with van der Waals surface area (Å²) in [5.74, 6) is -0.539. The molecule has 0 unspecified atom stereocenters. The Kier molecular flexibility index (Phi) is 5.80. The highest BCUT2D eigenvalue weighted by molar-refractivity contribution is 5.93. The molecule has 0 bridgehead atoms. The fraction of sp³-hybridized carbons (Fsp3) is 0.389. The molecule has 0 spiro atoms. The lowest BCUT2D eigenvalue weighted by molar-refractivity contribution is -0.149. The number of aromatic nitrogens is 2. The van der Waals surface area contributed by atoms with Crippen LogP contribution in [0.5, 0.6) is 5.75 Å². The van der Waals surface area contributed by atoms with Gasteiger partial charge in [0.05, 0.1) is 18.2 Å². The number of H-pyrrole nitrogens is 1. The smallest absolute Gasteiger partial charge is 0.311 e. The van der Waals surface area contributed by atoms with Gasteiger partial charge in [0.1, 0.15) is 11.4 Å². The highest BCUT2D eigenvalue weighted by Crippen LogP contribution is 2.26. The van der Waals surface area contributed by atoms with Crippen LogP contribution in [0.1, 0.15) is 37.2 Å². The number of ether oxygens (including phenoxy) is 1. The van der Waals surface area contributed by atoms with Crippen molar-refractivity contribution < 1.29 is 19.4 Å². The number of methoxy groups -OCH3 is 1. The third-order valence-corrected chi connectivity index (χ3v) is 4.60. The summed E-state index contributed by atoms with van der Waals surface area (Å²) >= 11 is 0. The molecule has 0 fully saturated rings. The highest BCUT2D eigenvalue weighted by Gasteiger charge is 2.35. The maximum absolute atomic E-state index is 12.3. The standard InChI is InChI=1S/C18H23N3O4/c1-4-18(5-2,17(23)24)11-19-16(22)15-10-14(20-21-15)12-6-8-13(25-3)9-7-12/h6-10H,4-5,11H2,1-3H3,(H,19,22)(H,20,21)(H,23,24). The normalized spacial score (nSPS) is 11.2. The van der Waals surface area contributed by atoms with E-state index in [0.29, 0.717) is 18.5 Å². The summed E-state index contributed by atoms with van der Waals surface area (Å²) in [7, 11) is 1.59. The molecule has 0 saturated carbocycles. The first kappa shape index (κ1) is 18.5. The Bertz CT molecular complexity index is 733. The Balaban J connectivity index is 2.08. The van der Waals surface area contributed by atoms with E-state index in [9.17, 15) is 14.7 Å². The van der Waals surface area contributed by atoms with Crippen LogP contribution in [-0.4, -0.2) is 40.8 Å². The molecule has 134 valence electrons. The van der Waals surface area contributed by atoms with Gasteiger partial charge in [0.2, 0.25) is 0 Å². The van der Waals surface area contributed by atoms with Crippen molar-refractivity contribution in [2.24, 2.45) is 5.41 Å². The number of rotatable bonds is 8. The van der Waals surface area contributed by atoms with Gasteiger partial charge in [0.15, 0.2) is 0 Å². The number of carboxylic acid groups (broad SMARTS) is 1. The van der Waals surface area contributed by atoms with Gasteiger partial charge in [-0.3, -0.25) is 14.7 Å². The van der Waals surface area contributed by atoms with Crippen LogP contribution in [0.2, 0.25) is 0 Å². The number of aliphatic carboxylic acids is 1. The van der Waals surface area contributed by atoms with E-state index < -0.39 is 11.4 Å². The first-order valence-electron chi connectivity index (χ1n) is 8.17. The number of benzene rings is 1. The molecule has 1 heterocycles. The zero-order valence-electron chi connectivity index (χ0n) is 14.6. The monoisotopic (exact) mass is 345 g/mol. The molecule has 0 atom stereocenters. The zero-order chi connectivity index (χ0) is 18.4. The summed E-state index contributed by atoms with van der Waals surface area (Å²) in [5, 5.41) is 18.9. The van der Waals surface area contributed by atoms with Gasteiger partial charge < -0.3 is 15.2 Å². The molecule has 1 amide bonds. The van der Waals surface area contributed by atoms with E-state index >= 15 is 0 Å². The molecule has 7 heteroatoms. The van der Waals surface area contributed by atoms with E-state index in [1.807, 2.05) is 38.1 Å². The van der Waals surface area contributed by atoms with Crippen LogP contribution in [0, 0.1) is 5.41 Å². The van der Waals surface area contributed by atoms with Crippen LogP contribution in [-0.2, 0) is 4.79 Å². The Morgan fingerprint density at radius 3 is 2.40 bits per heavy atom. The highest BCUT2D eigenvalue weighted by atomic mass is 16.5. The van der Waals surface area contributed by atoms with Crippen molar-refractivity contribution in [3.8, 4) is 17.0 Å². The number of amides is 1. The molecule has 3 N–H and O–H groups in total. The topological polar surface area (TPSA) is 104 Å². The fourth-order valence-electron chi connectivity index (χ4n) is 2.57. The van der Waals surface area contributed by atoms with Crippen molar-refractivity contribution in [1.82, 2.24) is 15.5 Å². The minimum atomic E-state index is -0.950. The van der Waals surface area contributed by atoms with Gasteiger partial charge >= 0.3 is 5.97 Å². The molecule has 0 aliphatic heterocycles. The number of carbonyl (C=O) groups is 2. The molecule has 0 radical (unpaired) electrons. The second kappa shape index (κ2) is 7.83. The number of aromatic amines is 1. The van der Waals surface area contributed by atoms with Gasteiger partial charge in [-0.1, -0.05) is 13.8 Å². The quantitative estimate of drug-likeness (QED) is 0.682. The van der Waals surface area contributed by atoms with Crippen LogP contribution in [0.25, 0.3) is 11.3 Å². The number of carbonyl (C=O) groups excluding carboxylic acids is 1. The van der Waals surface area contributed by atoms with Crippen molar-refractivity contribution in [2.45, 2.75) is 26.7 Å². The Morgan fingerprint density at radius 1 is 1.24 bits per heavy atom. The first-order valence-corrected chi connectivity index (χ1v) is 8.17. The number of nitrogens with one attached hydrogen (secondary N) is 2. The summed E-state index contributed by atoms with van der Waals surface area (Å²) in [6, 6.07) is 8.96. The van der Waals surface area contributed by atoms with E-state index in [1.54, 1.807) is 13.2 Å². The fourth-order valence-corrected chi connectivity index (χ4v) is 2.57. The second-order valence-corrected chi connectivity index (χ2v) is 5.87. The molecule has 2 aromatic rings. The van der Waals surface area contributed by atoms with E-state index in [4.69, 9.17) is 4.74 Å².